The zero-order valence-corrected chi connectivity index (χ0v) is 8.03. The van der Waals surface area contributed by atoms with E-state index >= 15 is 0 Å². The highest BCUT2D eigenvalue weighted by molar-refractivity contribution is 5.95. The van der Waals surface area contributed by atoms with Gasteiger partial charge in [-0.25, -0.2) is 5.10 Å². The van der Waals surface area contributed by atoms with Crippen molar-refractivity contribution in [1.82, 2.24) is 15.2 Å². The summed E-state index contributed by atoms with van der Waals surface area (Å²) in [7, 11) is 0. The Balaban J connectivity index is 2.96. The van der Waals surface area contributed by atoms with E-state index in [0.717, 1.165) is 11.6 Å². The third kappa shape index (κ3) is 2.22. The van der Waals surface area contributed by atoms with E-state index in [2.05, 4.69) is 10.1 Å². The van der Waals surface area contributed by atoms with Crippen LogP contribution in [-0.2, 0) is 4.79 Å². The highest BCUT2D eigenvalue weighted by Crippen LogP contribution is 2.46. The van der Waals surface area contributed by atoms with E-state index in [-0.39, 0.29) is 0 Å². The molecule has 1 aromatic heterocycles. The molecular weight excluding hydrogens is 277 g/mol. The lowest BCUT2D eigenvalue weighted by atomic mass is 10.1. The predicted octanol–water partition coefficient (Wildman–Crippen LogP) is 1.58. The summed E-state index contributed by atoms with van der Waals surface area (Å²) in [6.45, 7) is 0. The van der Waals surface area contributed by atoms with Gasteiger partial charge in [0.25, 0.3) is 0 Å². The molecule has 0 unspecified atom stereocenters. The maximum absolute atomic E-state index is 12.7. The first-order valence-electron chi connectivity index (χ1n) is 3.99. The molecule has 1 heterocycles. The number of alkyl halides is 7. The Hall–Kier alpha value is -1.88. The average molecular weight is 280 g/mol. The summed E-state index contributed by atoms with van der Waals surface area (Å²) in [5, 5.41) is 5.88. The number of hydrogen-bond acceptors (Lipinski definition) is 3. The lowest BCUT2D eigenvalue weighted by Crippen LogP contribution is -2.57. The normalized spacial score (nSPS) is 13.5. The molecule has 0 atom stereocenters. The van der Waals surface area contributed by atoms with Crippen LogP contribution < -0.4 is 5.32 Å². The number of hydrogen-bond donors (Lipinski definition) is 2. The smallest absolute Gasteiger partial charge is 0.289 e. The van der Waals surface area contributed by atoms with E-state index in [1.165, 1.54) is 0 Å². The molecule has 0 saturated heterocycles. The van der Waals surface area contributed by atoms with Crippen LogP contribution in [0.5, 0.6) is 0 Å². The molecule has 2 N–H and O–H groups in total. The van der Waals surface area contributed by atoms with Gasteiger partial charge in [0.15, 0.2) is 0 Å². The summed E-state index contributed by atoms with van der Waals surface area (Å²) < 4.78 is 85.5. The molecule has 5 nitrogen and oxygen atoms in total. The van der Waals surface area contributed by atoms with Crippen molar-refractivity contribution in [1.29, 1.82) is 0 Å². The quantitative estimate of drug-likeness (QED) is 0.826. The van der Waals surface area contributed by atoms with Crippen LogP contribution >= 0.6 is 0 Å². The maximum atomic E-state index is 12.7. The van der Waals surface area contributed by atoms with Gasteiger partial charge in [0.05, 0.1) is 0 Å². The molecule has 0 aliphatic heterocycles. The van der Waals surface area contributed by atoms with Crippen LogP contribution in [0, 0.1) is 0 Å². The first-order valence-corrected chi connectivity index (χ1v) is 3.99. The number of nitrogens with one attached hydrogen (secondary N) is 2. The van der Waals surface area contributed by atoms with Gasteiger partial charge >= 0.3 is 23.9 Å². The van der Waals surface area contributed by atoms with Crippen LogP contribution in [0.3, 0.4) is 0 Å². The number of nitrogens with zero attached hydrogens (tertiary/aromatic N) is 2. The Morgan fingerprint density at radius 2 is 1.72 bits per heavy atom. The summed E-state index contributed by atoms with van der Waals surface area (Å²) in [5.74, 6) is -16.2. The van der Waals surface area contributed by atoms with Gasteiger partial charge in [-0.15, -0.1) is 0 Å². The van der Waals surface area contributed by atoms with Gasteiger partial charge in [-0.05, 0) is 0 Å². The van der Waals surface area contributed by atoms with Crippen molar-refractivity contribution in [3.05, 3.63) is 6.33 Å². The number of carbonyl (C=O) groups excluding carboxylic acids is 1. The summed E-state index contributed by atoms with van der Waals surface area (Å²) in [6, 6.07) is 0. The van der Waals surface area contributed by atoms with Gasteiger partial charge in [0, 0.05) is 0 Å². The molecular formula is C6H3F7N4O. The van der Waals surface area contributed by atoms with E-state index in [0.29, 0.717) is 0 Å². The zero-order valence-electron chi connectivity index (χ0n) is 8.03. The summed E-state index contributed by atoms with van der Waals surface area (Å²) in [6.07, 6.45) is -5.86. The van der Waals surface area contributed by atoms with Crippen LogP contribution in [0.4, 0.5) is 36.7 Å². The number of aromatic nitrogens is 3. The Morgan fingerprint density at radius 3 is 2.11 bits per heavy atom. The molecule has 1 rings (SSSR count). The van der Waals surface area contributed by atoms with Crippen molar-refractivity contribution < 1.29 is 35.5 Å². The van der Waals surface area contributed by atoms with E-state index in [1.54, 1.807) is 5.10 Å². The Labute approximate surface area is 93.4 Å². The topological polar surface area (TPSA) is 70.7 Å². The van der Waals surface area contributed by atoms with Crippen LogP contribution in [0.15, 0.2) is 6.33 Å². The van der Waals surface area contributed by atoms with Crippen LogP contribution in [0.25, 0.3) is 0 Å². The molecule has 0 saturated carbocycles. The lowest BCUT2D eigenvalue weighted by molar-refractivity contribution is -0.343. The SMILES string of the molecule is O=C(Nc1ncn[nH]1)C(F)(F)C(F)(F)C(F)(F)F. The fourth-order valence-electron chi connectivity index (χ4n) is 0.772. The van der Waals surface area contributed by atoms with Gasteiger partial charge in [-0.3, -0.25) is 10.1 Å². The number of amides is 1. The minimum Gasteiger partial charge on any atom is -0.289 e. The summed E-state index contributed by atoms with van der Waals surface area (Å²) >= 11 is 0. The number of H-pyrrole nitrogens is 1. The molecule has 0 spiro atoms. The number of carbonyl (C=O) groups is 1. The van der Waals surface area contributed by atoms with Crippen molar-refractivity contribution in [3.8, 4) is 0 Å². The van der Waals surface area contributed by atoms with Crippen LogP contribution in [0.1, 0.15) is 0 Å². The van der Waals surface area contributed by atoms with Crippen LogP contribution in [0.2, 0.25) is 0 Å². The second-order valence-corrected chi connectivity index (χ2v) is 2.93. The Morgan fingerprint density at radius 1 is 1.17 bits per heavy atom. The zero-order chi connectivity index (χ0) is 14.2. The lowest BCUT2D eigenvalue weighted by Gasteiger charge is -2.26. The van der Waals surface area contributed by atoms with Crippen molar-refractivity contribution in [2.45, 2.75) is 18.0 Å². The van der Waals surface area contributed by atoms with E-state index in [9.17, 15) is 35.5 Å². The molecule has 0 radical (unpaired) electrons. The first kappa shape index (κ1) is 14.2. The predicted molar refractivity (Wildman–Crippen MR) is 41.0 cm³/mol. The van der Waals surface area contributed by atoms with Crippen molar-refractivity contribution in [2.75, 3.05) is 5.32 Å². The molecule has 0 aliphatic carbocycles. The van der Waals surface area contributed by atoms with Gasteiger partial charge in [0.1, 0.15) is 6.33 Å². The molecule has 1 amide bonds. The second kappa shape index (κ2) is 4.10. The highest BCUT2D eigenvalue weighted by Gasteiger charge is 2.76. The minimum atomic E-state index is -6.57. The standard InChI is InChI=1S/C6H3F7N4O/c7-4(8,5(9,10)6(11,12)13)2(18)16-3-14-1-15-17-3/h1H,(H2,14,15,16,17,18). The molecule has 12 heteroatoms. The molecule has 0 aliphatic rings. The third-order valence-electron chi connectivity index (χ3n) is 1.68. The molecule has 18 heavy (non-hydrogen) atoms. The van der Waals surface area contributed by atoms with Crippen molar-refractivity contribution in [2.24, 2.45) is 0 Å². The van der Waals surface area contributed by atoms with Crippen LogP contribution in [-0.4, -0.2) is 39.1 Å². The summed E-state index contributed by atoms with van der Waals surface area (Å²) in [4.78, 5) is 13.8. The fraction of sp³-hybridized carbons (Fsp3) is 0.500. The number of halogens is 7. The Bertz CT molecular complexity index is 426. The number of anilines is 1. The maximum Gasteiger partial charge on any atom is 0.460 e. The molecule has 102 valence electrons. The first-order chi connectivity index (χ1) is 8.00. The van der Waals surface area contributed by atoms with E-state index < -0.39 is 29.9 Å². The van der Waals surface area contributed by atoms with E-state index in [1.807, 2.05) is 0 Å². The summed E-state index contributed by atoms with van der Waals surface area (Å²) in [5.41, 5.74) is 0. The van der Waals surface area contributed by atoms with Gasteiger partial charge < -0.3 is 0 Å². The van der Waals surface area contributed by atoms with Gasteiger partial charge in [-0.1, -0.05) is 0 Å². The average Bonchev–Trinajstić information content (AvgIpc) is 2.68. The largest absolute Gasteiger partial charge is 0.460 e. The molecule has 0 bridgehead atoms. The molecule has 1 aromatic rings. The highest BCUT2D eigenvalue weighted by atomic mass is 19.4. The fourth-order valence-corrected chi connectivity index (χ4v) is 0.772. The number of aromatic amines is 1. The van der Waals surface area contributed by atoms with Crippen molar-refractivity contribution >= 4 is 11.9 Å². The Kier molecular flexibility index (Phi) is 3.23. The molecule has 0 fully saturated rings. The van der Waals surface area contributed by atoms with Gasteiger partial charge in [0.2, 0.25) is 5.95 Å². The minimum absolute atomic E-state index is 0.718. The third-order valence-corrected chi connectivity index (χ3v) is 1.68. The number of rotatable bonds is 3. The van der Waals surface area contributed by atoms with Gasteiger partial charge in [-0.2, -0.15) is 40.8 Å². The monoisotopic (exact) mass is 280 g/mol. The van der Waals surface area contributed by atoms with E-state index in [4.69, 9.17) is 0 Å². The van der Waals surface area contributed by atoms with Crippen molar-refractivity contribution in [3.63, 3.8) is 0 Å². The molecule has 0 aromatic carbocycles. The second-order valence-electron chi connectivity index (χ2n) is 2.93.